The van der Waals surface area contributed by atoms with Crippen LogP contribution >= 0.6 is 0 Å². The molecular weight excluding hydrogens is 430 g/mol. The minimum Gasteiger partial charge on any atom is -0.452 e. The zero-order valence-electron chi connectivity index (χ0n) is 19.0. The van der Waals surface area contributed by atoms with Crippen molar-refractivity contribution in [3.8, 4) is 0 Å². The van der Waals surface area contributed by atoms with Gasteiger partial charge in [0.25, 0.3) is 5.91 Å². The summed E-state index contributed by atoms with van der Waals surface area (Å²) in [5.41, 5.74) is 6.17. The number of carbonyl (C=O) groups excluding carboxylic acids is 3. The molecule has 0 bridgehead atoms. The van der Waals surface area contributed by atoms with E-state index in [-0.39, 0.29) is 6.54 Å². The van der Waals surface area contributed by atoms with E-state index in [0.29, 0.717) is 29.4 Å². The summed E-state index contributed by atoms with van der Waals surface area (Å²) in [6.07, 6.45) is 4.58. The average Bonchev–Trinajstić information content (AvgIpc) is 3.28. The van der Waals surface area contributed by atoms with Crippen molar-refractivity contribution in [2.45, 2.75) is 26.2 Å². The second-order valence-electron chi connectivity index (χ2n) is 8.62. The molecule has 7 heteroatoms. The molecular formula is C27H25N3O4. The lowest BCUT2D eigenvalue weighted by atomic mass is 9.86. The summed E-state index contributed by atoms with van der Waals surface area (Å²) >= 11 is 0. The Morgan fingerprint density at radius 1 is 1.12 bits per heavy atom. The normalized spacial score (nSPS) is 16.4. The molecule has 5 rings (SSSR count). The summed E-state index contributed by atoms with van der Waals surface area (Å²) in [7, 11) is 0. The number of carbonyl (C=O) groups is 3. The van der Waals surface area contributed by atoms with E-state index >= 15 is 0 Å². The number of rotatable bonds is 4. The van der Waals surface area contributed by atoms with Gasteiger partial charge in [0.2, 0.25) is 0 Å². The van der Waals surface area contributed by atoms with Crippen LogP contribution in [-0.4, -0.2) is 47.5 Å². The fourth-order valence-electron chi connectivity index (χ4n) is 4.56. The molecule has 0 spiro atoms. The molecule has 1 aliphatic carbocycles. The number of para-hydroxylation sites is 1. The van der Waals surface area contributed by atoms with Crippen LogP contribution in [0, 0.1) is 6.92 Å². The number of hydrogen-bond donors (Lipinski definition) is 1. The first-order valence-electron chi connectivity index (χ1n) is 11.5. The molecule has 172 valence electrons. The van der Waals surface area contributed by atoms with E-state index in [9.17, 15) is 14.4 Å². The Bertz CT molecular complexity index is 1330. The SMILES string of the molecule is Cc1ccc(/C=C2\CCCc3c2nc2ccccc2c3C(=O)OCC(=O)N2CCNC2=O)cc1. The maximum absolute atomic E-state index is 13.3. The van der Waals surface area contributed by atoms with Crippen molar-refractivity contribution in [1.29, 1.82) is 0 Å². The molecule has 2 aliphatic rings. The molecule has 1 saturated heterocycles. The van der Waals surface area contributed by atoms with Gasteiger partial charge in [0.05, 0.1) is 16.8 Å². The third-order valence-corrected chi connectivity index (χ3v) is 6.28. The molecule has 1 aliphatic heterocycles. The number of hydrogen-bond acceptors (Lipinski definition) is 5. The number of amides is 3. The number of pyridine rings is 1. The van der Waals surface area contributed by atoms with Crippen LogP contribution in [0.3, 0.4) is 0 Å². The number of ether oxygens (including phenoxy) is 1. The zero-order chi connectivity index (χ0) is 23.7. The van der Waals surface area contributed by atoms with Gasteiger partial charge in [-0.3, -0.25) is 9.69 Å². The van der Waals surface area contributed by atoms with E-state index in [0.717, 1.165) is 40.1 Å². The Morgan fingerprint density at radius 2 is 1.91 bits per heavy atom. The van der Waals surface area contributed by atoms with Gasteiger partial charge in [-0.15, -0.1) is 0 Å². The number of urea groups is 1. The maximum Gasteiger partial charge on any atom is 0.339 e. The first-order valence-corrected chi connectivity index (χ1v) is 11.5. The molecule has 2 heterocycles. The lowest BCUT2D eigenvalue weighted by Crippen LogP contribution is -2.37. The number of fused-ring (bicyclic) bond motifs is 2. The third-order valence-electron chi connectivity index (χ3n) is 6.28. The number of allylic oxidation sites excluding steroid dienone is 1. The lowest BCUT2D eigenvalue weighted by molar-refractivity contribution is -0.130. The van der Waals surface area contributed by atoms with Crippen molar-refractivity contribution >= 4 is 40.5 Å². The van der Waals surface area contributed by atoms with Gasteiger partial charge in [0.15, 0.2) is 6.61 Å². The van der Waals surface area contributed by atoms with Gasteiger partial charge in [-0.2, -0.15) is 0 Å². The van der Waals surface area contributed by atoms with Gasteiger partial charge in [0, 0.05) is 18.5 Å². The second-order valence-corrected chi connectivity index (χ2v) is 8.62. The van der Waals surface area contributed by atoms with Crippen molar-refractivity contribution in [1.82, 2.24) is 15.2 Å². The maximum atomic E-state index is 13.3. The predicted octanol–water partition coefficient (Wildman–Crippen LogP) is 4.13. The fraction of sp³-hybridized carbons (Fsp3) is 0.259. The van der Waals surface area contributed by atoms with E-state index in [4.69, 9.17) is 9.72 Å². The predicted molar refractivity (Wildman–Crippen MR) is 129 cm³/mol. The van der Waals surface area contributed by atoms with Crippen LogP contribution in [0.1, 0.15) is 45.6 Å². The number of aromatic nitrogens is 1. The van der Waals surface area contributed by atoms with Gasteiger partial charge >= 0.3 is 12.0 Å². The van der Waals surface area contributed by atoms with Crippen LogP contribution in [0.5, 0.6) is 0 Å². The first kappa shape index (κ1) is 21.8. The quantitative estimate of drug-likeness (QED) is 0.598. The van der Waals surface area contributed by atoms with Crippen molar-refractivity contribution in [2.75, 3.05) is 19.7 Å². The molecule has 34 heavy (non-hydrogen) atoms. The average molecular weight is 456 g/mol. The number of imide groups is 1. The van der Waals surface area contributed by atoms with Crippen LogP contribution < -0.4 is 5.32 Å². The Morgan fingerprint density at radius 3 is 2.68 bits per heavy atom. The largest absolute Gasteiger partial charge is 0.452 e. The topological polar surface area (TPSA) is 88.6 Å². The van der Waals surface area contributed by atoms with Crippen molar-refractivity contribution in [3.05, 3.63) is 76.5 Å². The summed E-state index contributed by atoms with van der Waals surface area (Å²) in [5, 5.41) is 3.28. The molecule has 2 aromatic carbocycles. The van der Waals surface area contributed by atoms with E-state index in [1.165, 1.54) is 5.56 Å². The van der Waals surface area contributed by atoms with Gasteiger partial charge in [-0.1, -0.05) is 48.0 Å². The Balaban J connectivity index is 1.51. The van der Waals surface area contributed by atoms with Crippen molar-refractivity contribution in [3.63, 3.8) is 0 Å². The monoisotopic (exact) mass is 455 g/mol. The molecule has 1 aromatic heterocycles. The molecule has 1 N–H and O–H groups in total. The summed E-state index contributed by atoms with van der Waals surface area (Å²) in [4.78, 5) is 43.4. The molecule has 0 atom stereocenters. The molecule has 0 radical (unpaired) electrons. The van der Waals surface area contributed by atoms with E-state index in [2.05, 4.69) is 42.6 Å². The summed E-state index contributed by atoms with van der Waals surface area (Å²) in [6.45, 7) is 2.25. The van der Waals surface area contributed by atoms with Gasteiger partial charge in [-0.05, 0) is 55.0 Å². The van der Waals surface area contributed by atoms with Gasteiger partial charge < -0.3 is 10.1 Å². The number of aryl methyl sites for hydroxylation is 1. The van der Waals surface area contributed by atoms with Crippen molar-refractivity contribution in [2.24, 2.45) is 0 Å². The number of nitrogens with one attached hydrogen (secondary N) is 1. The smallest absolute Gasteiger partial charge is 0.339 e. The highest BCUT2D eigenvalue weighted by Gasteiger charge is 2.29. The lowest BCUT2D eigenvalue weighted by Gasteiger charge is -2.22. The minimum atomic E-state index is -0.570. The Kier molecular flexibility index (Phi) is 5.84. The van der Waals surface area contributed by atoms with E-state index in [1.54, 1.807) is 0 Å². The number of nitrogens with zero attached hydrogens (tertiary/aromatic N) is 2. The summed E-state index contributed by atoms with van der Waals surface area (Å²) < 4.78 is 5.43. The Labute approximate surface area is 197 Å². The highest BCUT2D eigenvalue weighted by atomic mass is 16.5. The van der Waals surface area contributed by atoms with Crippen LogP contribution in [0.4, 0.5) is 4.79 Å². The fourth-order valence-corrected chi connectivity index (χ4v) is 4.56. The zero-order valence-corrected chi connectivity index (χ0v) is 19.0. The van der Waals surface area contributed by atoms with Crippen LogP contribution in [-0.2, 0) is 16.0 Å². The second kappa shape index (κ2) is 9.09. The molecule has 0 unspecified atom stereocenters. The van der Waals surface area contributed by atoms with E-state index in [1.807, 2.05) is 24.3 Å². The van der Waals surface area contributed by atoms with E-state index < -0.39 is 24.5 Å². The minimum absolute atomic E-state index is 0.274. The van der Waals surface area contributed by atoms with Gasteiger partial charge in [-0.25, -0.2) is 14.6 Å². The first-order chi connectivity index (χ1) is 16.5. The van der Waals surface area contributed by atoms with Crippen LogP contribution in [0.15, 0.2) is 48.5 Å². The summed E-state index contributed by atoms with van der Waals surface area (Å²) in [5.74, 6) is -1.10. The number of esters is 1. The van der Waals surface area contributed by atoms with Crippen LogP contribution in [0.25, 0.3) is 22.6 Å². The molecule has 3 amide bonds. The Hall–Kier alpha value is -4.00. The van der Waals surface area contributed by atoms with Crippen molar-refractivity contribution < 1.29 is 19.1 Å². The van der Waals surface area contributed by atoms with Gasteiger partial charge in [0.1, 0.15) is 0 Å². The number of benzene rings is 2. The molecule has 3 aromatic rings. The standard InChI is InChI=1S/C27H25N3O4/c1-17-9-11-18(12-10-17)15-19-5-4-7-21-24(20-6-2-3-8-22(20)29-25(19)21)26(32)34-16-23(31)30-14-13-28-27(30)33/h2-3,6,8-12,15H,4-5,7,13-14,16H2,1H3,(H,28,33)/b19-15+. The molecule has 1 fully saturated rings. The molecule has 7 nitrogen and oxygen atoms in total. The third kappa shape index (κ3) is 4.17. The highest BCUT2D eigenvalue weighted by Crippen LogP contribution is 2.36. The summed E-state index contributed by atoms with van der Waals surface area (Å²) in [6, 6.07) is 15.3. The molecule has 0 saturated carbocycles. The van der Waals surface area contributed by atoms with Crippen LogP contribution in [0.2, 0.25) is 0 Å². The highest BCUT2D eigenvalue weighted by molar-refractivity contribution is 6.07.